The van der Waals surface area contributed by atoms with E-state index in [2.05, 4.69) is 22.1 Å². The molecule has 1 aromatic heterocycles. The van der Waals surface area contributed by atoms with Gasteiger partial charge < -0.3 is 4.74 Å². The number of para-hydroxylation sites is 1. The number of unbranched alkanes of at least 4 members (excludes halogenated alkanes) is 1. The Hall–Kier alpha value is -2.93. The lowest BCUT2D eigenvalue weighted by atomic mass is 10.1. The Kier molecular flexibility index (Phi) is 5.76. The van der Waals surface area contributed by atoms with Crippen LogP contribution < -0.4 is 9.64 Å². The summed E-state index contributed by atoms with van der Waals surface area (Å²) in [6, 6.07) is 17.3. The molecule has 0 fully saturated rings. The number of hydrogen-bond acceptors (Lipinski definition) is 6. The van der Waals surface area contributed by atoms with Crippen molar-refractivity contribution in [3.05, 3.63) is 60.2 Å². The highest BCUT2D eigenvalue weighted by Gasteiger charge is 2.34. The lowest BCUT2D eigenvalue weighted by Gasteiger charge is -2.29. The van der Waals surface area contributed by atoms with Gasteiger partial charge in [0.2, 0.25) is 23.2 Å². The van der Waals surface area contributed by atoms with Crippen LogP contribution in [-0.2, 0) is 4.79 Å². The summed E-state index contributed by atoms with van der Waals surface area (Å²) in [5.41, 5.74) is 2.92. The molecule has 0 aliphatic carbocycles. The van der Waals surface area contributed by atoms with Crippen LogP contribution in [0.1, 0.15) is 38.5 Å². The Morgan fingerprint density at radius 2 is 1.86 bits per heavy atom. The number of rotatable bonds is 5. The minimum atomic E-state index is -0.638. The number of hydrogen-bond donors (Lipinski definition) is 0. The van der Waals surface area contributed by atoms with Gasteiger partial charge in [-0.15, -0.1) is 10.2 Å². The predicted octanol–water partition coefficient (Wildman–Crippen LogP) is 4.87. The summed E-state index contributed by atoms with van der Waals surface area (Å²) in [5.74, 6) is 1.20. The summed E-state index contributed by atoms with van der Waals surface area (Å²) in [4.78, 5) is 19.0. The Labute approximate surface area is 174 Å². The molecule has 29 heavy (non-hydrogen) atoms. The van der Waals surface area contributed by atoms with Gasteiger partial charge in [0, 0.05) is 23.8 Å². The smallest absolute Gasteiger partial charge is 0.247 e. The molecular weight excluding hydrogens is 384 g/mol. The van der Waals surface area contributed by atoms with Crippen molar-refractivity contribution >= 4 is 23.4 Å². The molecule has 0 unspecified atom stereocenters. The molecule has 3 aromatic rings. The fourth-order valence-corrected chi connectivity index (χ4v) is 4.12. The van der Waals surface area contributed by atoms with E-state index < -0.39 is 6.23 Å². The number of fused-ring (bicyclic) bond motifs is 3. The maximum atomic E-state index is 12.7. The lowest BCUT2D eigenvalue weighted by Crippen LogP contribution is -2.36. The van der Waals surface area contributed by atoms with Crippen molar-refractivity contribution in [3.63, 3.8) is 0 Å². The Bertz CT molecular complexity index is 1010. The number of thioether (sulfide) groups is 1. The second-order valence-corrected chi connectivity index (χ2v) is 7.80. The zero-order valence-electron chi connectivity index (χ0n) is 16.4. The molecule has 1 aliphatic heterocycles. The molecule has 0 spiro atoms. The van der Waals surface area contributed by atoms with E-state index >= 15 is 0 Å². The summed E-state index contributed by atoms with van der Waals surface area (Å²) in [6.07, 6.45) is 1.56. The first kappa shape index (κ1) is 19.4. The van der Waals surface area contributed by atoms with E-state index in [9.17, 15) is 4.79 Å². The molecule has 0 saturated heterocycles. The highest BCUT2D eigenvalue weighted by atomic mass is 32.2. The largest absolute Gasteiger partial charge is 0.447 e. The van der Waals surface area contributed by atoms with Crippen molar-refractivity contribution in [3.8, 4) is 17.1 Å². The number of anilines is 1. The van der Waals surface area contributed by atoms with Crippen LogP contribution in [-0.4, -0.2) is 26.8 Å². The summed E-state index contributed by atoms with van der Waals surface area (Å²) < 4.78 is 6.32. The molecule has 0 N–H and O–H groups in total. The second-order valence-electron chi connectivity index (χ2n) is 6.74. The molecule has 0 saturated carbocycles. The number of carbonyl (C=O) groups is 1. The number of nitrogens with zero attached hydrogens (tertiary/aromatic N) is 4. The standard InChI is InChI=1S/C22H22N4O2S/c1-3-4-14-29-22-23-20-19(24-25-22)17-12-8-9-13-18(17)26(15(2)27)21(28-20)16-10-6-5-7-11-16/h5-13,21H,3-4,14H2,1-2H3/t21-/m0/s1. The van der Waals surface area contributed by atoms with Gasteiger partial charge in [0.15, 0.2) is 5.69 Å². The molecule has 1 aliphatic rings. The minimum Gasteiger partial charge on any atom is -0.447 e. The number of amides is 1. The number of aromatic nitrogens is 3. The monoisotopic (exact) mass is 406 g/mol. The van der Waals surface area contributed by atoms with E-state index in [0.29, 0.717) is 16.7 Å². The Balaban J connectivity index is 1.85. The average molecular weight is 407 g/mol. The summed E-state index contributed by atoms with van der Waals surface area (Å²) >= 11 is 1.56. The van der Waals surface area contributed by atoms with Gasteiger partial charge in [-0.25, -0.2) is 0 Å². The minimum absolute atomic E-state index is 0.121. The molecule has 1 atom stereocenters. The van der Waals surface area contributed by atoms with Gasteiger partial charge in [-0.3, -0.25) is 9.69 Å². The summed E-state index contributed by atoms with van der Waals surface area (Å²) in [6.45, 7) is 3.69. The average Bonchev–Trinajstić information content (AvgIpc) is 2.89. The van der Waals surface area contributed by atoms with E-state index in [0.717, 1.165) is 35.4 Å². The maximum Gasteiger partial charge on any atom is 0.247 e. The van der Waals surface area contributed by atoms with Gasteiger partial charge >= 0.3 is 0 Å². The predicted molar refractivity (Wildman–Crippen MR) is 114 cm³/mol. The zero-order valence-corrected chi connectivity index (χ0v) is 17.2. The van der Waals surface area contributed by atoms with E-state index in [-0.39, 0.29) is 5.91 Å². The van der Waals surface area contributed by atoms with Gasteiger partial charge in [0.05, 0.1) is 5.69 Å². The van der Waals surface area contributed by atoms with E-state index in [1.165, 1.54) is 6.92 Å². The van der Waals surface area contributed by atoms with E-state index in [1.807, 2.05) is 54.6 Å². The van der Waals surface area contributed by atoms with Crippen molar-refractivity contribution < 1.29 is 9.53 Å². The van der Waals surface area contributed by atoms with Gasteiger partial charge in [-0.05, 0) is 12.5 Å². The van der Waals surface area contributed by atoms with Gasteiger partial charge in [-0.2, -0.15) is 4.98 Å². The van der Waals surface area contributed by atoms with Gasteiger partial charge in [0.25, 0.3) is 0 Å². The zero-order chi connectivity index (χ0) is 20.2. The molecule has 148 valence electrons. The van der Waals surface area contributed by atoms with Crippen LogP contribution >= 0.6 is 11.8 Å². The molecule has 2 heterocycles. The van der Waals surface area contributed by atoms with E-state index in [1.54, 1.807) is 16.7 Å². The first-order valence-corrected chi connectivity index (χ1v) is 10.7. The maximum absolute atomic E-state index is 12.7. The topological polar surface area (TPSA) is 68.2 Å². The summed E-state index contributed by atoms with van der Waals surface area (Å²) in [5, 5.41) is 9.30. The molecule has 0 radical (unpaired) electrons. The number of benzene rings is 2. The van der Waals surface area contributed by atoms with Crippen molar-refractivity contribution in [2.75, 3.05) is 10.7 Å². The first-order chi connectivity index (χ1) is 14.2. The van der Waals surface area contributed by atoms with Crippen molar-refractivity contribution in [2.24, 2.45) is 0 Å². The Morgan fingerprint density at radius 3 is 2.62 bits per heavy atom. The first-order valence-electron chi connectivity index (χ1n) is 9.67. The van der Waals surface area contributed by atoms with Crippen LogP contribution in [0.15, 0.2) is 59.8 Å². The fraction of sp³-hybridized carbons (Fsp3) is 0.273. The van der Waals surface area contributed by atoms with Crippen molar-refractivity contribution in [1.29, 1.82) is 0 Å². The fourth-order valence-electron chi connectivity index (χ4n) is 3.26. The molecule has 4 rings (SSSR count). The van der Waals surface area contributed by atoms with Crippen LogP contribution in [0.5, 0.6) is 5.88 Å². The highest BCUT2D eigenvalue weighted by Crippen LogP contribution is 2.43. The number of ether oxygens (including phenoxy) is 1. The molecule has 6 nitrogen and oxygen atoms in total. The van der Waals surface area contributed by atoms with Crippen LogP contribution in [0.25, 0.3) is 11.3 Å². The molecule has 1 amide bonds. The van der Waals surface area contributed by atoms with Crippen molar-refractivity contribution in [1.82, 2.24) is 15.2 Å². The highest BCUT2D eigenvalue weighted by molar-refractivity contribution is 7.99. The third kappa shape index (κ3) is 3.96. The molecular formula is C22H22N4O2S. The second kappa shape index (κ2) is 8.61. The van der Waals surface area contributed by atoms with E-state index in [4.69, 9.17) is 4.74 Å². The molecule has 2 aromatic carbocycles. The van der Waals surface area contributed by atoms with Crippen LogP contribution in [0.2, 0.25) is 0 Å². The SMILES string of the molecule is CCCCSc1nnc2c(n1)O[C@@H](c1ccccc1)N(C(C)=O)c1ccccc1-2. The third-order valence-corrected chi connectivity index (χ3v) is 5.59. The van der Waals surface area contributed by atoms with Crippen LogP contribution in [0.4, 0.5) is 5.69 Å². The normalized spacial score (nSPS) is 15.1. The van der Waals surface area contributed by atoms with Crippen LogP contribution in [0, 0.1) is 0 Å². The Morgan fingerprint density at radius 1 is 1.10 bits per heavy atom. The van der Waals surface area contributed by atoms with Gasteiger partial charge in [0.1, 0.15) is 0 Å². The quantitative estimate of drug-likeness (QED) is 0.445. The third-order valence-electron chi connectivity index (χ3n) is 4.66. The number of carbonyl (C=O) groups excluding carboxylic acids is 1. The molecule has 0 bridgehead atoms. The van der Waals surface area contributed by atoms with Crippen LogP contribution in [0.3, 0.4) is 0 Å². The van der Waals surface area contributed by atoms with Gasteiger partial charge in [-0.1, -0.05) is 73.6 Å². The van der Waals surface area contributed by atoms with Crippen molar-refractivity contribution in [2.45, 2.75) is 38.1 Å². The summed E-state index contributed by atoms with van der Waals surface area (Å²) in [7, 11) is 0. The molecule has 7 heteroatoms. The lowest BCUT2D eigenvalue weighted by molar-refractivity contribution is -0.118.